The van der Waals surface area contributed by atoms with E-state index in [0.29, 0.717) is 17.9 Å². The van der Waals surface area contributed by atoms with Gasteiger partial charge in [-0.2, -0.15) is 0 Å². The normalized spacial score (nSPS) is 11.5. The molecule has 1 aromatic carbocycles. The predicted octanol–water partition coefficient (Wildman–Crippen LogP) is 2.85. The first-order valence-electron chi connectivity index (χ1n) is 7.45. The fourth-order valence-corrected chi connectivity index (χ4v) is 2.05. The molecule has 0 saturated heterocycles. The average Bonchev–Trinajstić information content (AvgIpc) is 2.46. The standard InChI is InChI=1S/C18H25NO2/c1-5-14(2)13-19(4)18(21)17-10-9-15(3)12-16(17)8-6-7-11-20/h9-10,12,14,20H,5,7,11,13H2,1-4H3. The molecule has 1 N–H and O–H groups in total. The average molecular weight is 287 g/mol. The summed E-state index contributed by atoms with van der Waals surface area (Å²) in [5.74, 6) is 6.38. The highest BCUT2D eigenvalue weighted by molar-refractivity contribution is 5.96. The summed E-state index contributed by atoms with van der Waals surface area (Å²) in [6.45, 7) is 7.03. The van der Waals surface area contributed by atoms with Gasteiger partial charge in [0.25, 0.3) is 5.91 Å². The molecule has 1 atom stereocenters. The molecule has 3 nitrogen and oxygen atoms in total. The van der Waals surface area contributed by atoms with E-state index in [9.17, 15) is 4.79 Å². The van der Waals surface area contributed by atoms with E-state index in [-0.39, 0.29) is 12.5 Å². The molecule has 0 aromatic heterocycles. The van der Waals surface area contributed by atoms with Crippen molar-refractivity contribution in [3.63, 3.8) is 0 Å². The summed E-state index contributed by atoms with van der Waals surface area (Å²) in [5.41, 5.74) is 2.45. The number of benzene rings is 1. The first-order chi connectivity index (χ1) is 9.99. The van der Waals surface area contributed by atoms with Gasteiger partial charge < -0.3 is 10.0 Å². The molecule has 0 bridgehead atoms. The number of nitrogens with zero attached hydrogens (tertiary/aromatic N) is 1. The van der Waals surface area contributed by atoms with Crippen LogP contribution in [0.25, 0.3) is 0 Å². The minimum atomic E-state index is 0.00333. The molecule has 1 rings (SSSR count). The summed E-state index contributed by atoms with van der Waals surface area (Å²) in [7, 11) is 1.83. The third kappa shape index (κ3) is 5.24. The third-order valence-corrected chi connectivity index (χ3v) is 3.49. The van der Waals surface area contributed by atoms with Crippen molar-refractivity contribution in [3.05, 3.63) is 34.9 Å². The number of carbonyl (C=O) groups is 1. The summed E-state index contributed by atoms with van der Waals surface area (Å²) < 4.78 is 0. The largest absolute Gasteiger partial charge is 0.395 e. The van der Waals surface area contributed by atoms with Gasteiger partial charge >= 0.3 is 0 Å². The van der Waals surface area contributed by atoms with Crippen LogP contribution in [-0.4, -0.2) is 36.1 Å². The SMILES string of the molecule is CCC(C)CN(C)C(=O)c1ccc(C)cc1C#CCCO. The van der Waals surface area contributed by atoms with Gasteiger partial charge in [0, 0.05) is 25.6 Å². The van der Waals surface area contributed by atoms with Crippen LogP contribution >= 0.6 is 0 Å². The molecule has 0 fully saturated rings. The van der Waals surface area contributed by atoms with Gasteiger partial charge in [0.1, 0.15) is 0 Å². The summed E-state index contributed by atoms with van der Waals surface area (Å²) in [6, 6.07) is 5.70. The molecule has 0 saturated carbocycles. The molecule has 1 aromatic rings. The van der Waals surface area contributed by atoms with Gasteiger partial charge in [-0.1, -0.05) is 38.2 Å². The molecule has 0 radical (unpaired) electrons. The van der Waals surface area contributed by atoms with Gasteiger partial charge in [-0.15, -0.1) is 0 Å². The fourth-order valence-electron chi connectivity index (χ4n) is 2.05. The monoisotopic (exact) mass is 287 g/mol. The zero-order chi connectivity index (χ0) is 15.8. The number of amides is 1. The van der Waals surface area contributed by atoms with Crippen molar-refractivity contribution in [2.24, 2.45) is 5.92 Å². The Bertz CT molecular complexity index is 540. The lowest BCUT2D eigenvalue weighted by molar-refractivity contribution is 0.0774. The summed E-state index contributed by atoms with van der Waals surface area (Å²) in [6.07, 6.45) is 1.47. The smallest absolute Gasteiger partial charge is 0.254 e. The maximum atomic E-state index is 12.6. The Labute approximate surface area is 128 Å². The Morgan fingerprint density at radius 1 is 1.43 bits per heavy atom. The van der Waals surface area contributed by atoms with Gasteiger partial charge in [0.15, 0.2) is 0 Å². The van der Waals surface area contributed by atoms with Gasteiger partial charge in [-0.25, -0.2) is 0 Å². The Morgan fingerprint density at radius 3 is 2.76 bits per heavy atom. The van der Waals surface area contributed by atoms with E-state index in [1.807, 2.05) is 32.2 Å². The predicted molar refractivity (Wildman–Crippen MR) is 86.2 cm³/mol. The highest BCUT2D eigenvalue weighted by Gasteiger charge is 2.16. The van der Waals surface area contributed by atoms with Crippen molar-refractivity contribution in [1.29, 1.82) is 0 Å². The molecule has 1 amide bonds. The molecule has 0 spiro atoms. The van der Waals surface area contributed by atoms with Crippen molar-refractivity contribution in [2.45, 2.75) is 33.6 Å². The van der Waals surface area contributed by atoms with Gasteiger partial charge in [0.05, 0.1) is 12.2 Å². The van der Waals surface area contributed by atoms with Gasteiger partial charge in [-0.05, 0) is 30.5 Å². The number of rotatable bonds is 5. The van der Waals surface area contributed by atoms with Gasteiger partial charge in [-0.3, -0.25) is 4.79 Å². The number of carbonyl (C=O) groups excluding carboxylic acids is 1. The molecule has 0 aliphatic heterocycles. The van der Waals surface area contributed by atoms with Crippen LogP contribution in [0, 0.1) is 24.7 Å². The molecule has 1 unspecified atom stereocenters. The van der Waals surface area contributed by atoms with Gasteiger partial charge in [0.2, 0.25) is 0 Å². The quantitative estimate of drug-likeness (QED) is 0.846. The highest BCUT2D eigenvalue weighted by atomic mass is 16.2. The Kier molecular flexibility index (Phi) is 6.98. The minimum Gasteiger partial charge on any atom is -0.395 e. The van der Waals surface area contributed by atoms with Crippen molar-refractivity contribution < 1.29 is 9.90 Å². The van der Waals surface area contributed by atoms with Crippen LogP contribution in [0.4, 0.5) is 0 Å². The van der Waals surface area contributed by atoms with E-state index in [1.165, 1.54) is 0 Å². The molecular formula is C18H25NO2. The minimum absolute atomic E-state index is 0.00333. The topological polar surface area (TPSA) is 40.5 Å². The lowest BCUT2D eigenvalue weighted by Crippen LogP contribution is -2.31. The van der Waals surface area contributed by atoms with E-state index in [4.69, 9.17) is 5.11 Å². The number of aliphatic hydroxyl groups excluding tert-OH is 1. The van der Waals surface area contributed by atoms with Crippen LogP contribution in [0.15, 0.2) is 18.2 Å². The molecular weight excluding hydrogens is 262 g/mol. The van der Waals surface area contributed by atoms with E-state index in [0.717, 1.165) is 24.1 Å². The maximum absolute atomic E-state index is 12.6. The van der Waals surface area contributed by atoms with Crippen LogP contribution < -0.4 is 0 Å². The molecule has 0 aliphatic rings. The number of hydrogen-bond acceptors (Lipinski definition) is 2. The molecule has 114 valence electrons. The number of hydrogen-bond donors (Lipinski definition) is 1. The van der Waals surface area contributed by atoms with Crippen LogP contribution in [0.1, 0.15) is 48.2 Å². The van der Waals surface area contributed by atoms with E-state index in [2.05, 4.69) is 25.7 Å². The summed E-state index contributed by atoms with van der Waals surface area (Å²) in [5, 5.41) is 8.81. The first-order valence-corrected chi connectivity index (χ1v) is 7.45. The Morgan fingerprint density at radius 2 is 2.14 bits per heavy atom. The van der Waals surface area contributed by atoms with Crippen molar-refractivity contribution in [2.75, 3.05) is 20.2 Å². The van der Waals surface area contributed by atoms with E-state index in [1.54, 1.807) is 4.90 Å². The van der Waals surface area contributed by atoms with E-state index < -0.39 is 0 Å². The summed E-state index contributed by atoms with van der Waals surface area (Å²) >= 11 is 0. The first kappa shape index (κ1) is 17.3. The van der Waals surface area contributed by atoms with Crippen LogP contribution in [0.3, 0.4) is 0 Å². The Hall–Kier alpha value is -1.79. The second-order valence-corrected chi connectivity index (χ2v) is 5.52. The highest BCUT2D eigenvalue weighted by Crippen LogP contribution is 2.14. The lowest BCUT2D eigenvalue weighted by Gasteiger charge is -2.21. The van der Waals surface area contributed by atoms with Crippen LogP contribution in [0.2, 0.25) is 0 Å². The molecule has 3 heteroatoms. The second-order valence-electron chi connectivity index (χ2n) is 5.52. The fraction of sp³-hybridized carbons (Fsp3) is 0.500. The third-order valence-electron chi connectivity index (χ3n) is 3.49. The number of aliphatic hydroxyl groups is 1. The summed E-state index contributed by atoms with van der Waals surface area (Å²) in [4.78, 5) is 14.3. The van der Waals surface area contributed by atoms with Crippen LogP contribution in [0.5, 0.6) is 0 Å². The van der Waals surface area contributed by atoms with E-state index >= 15 is 0 Å². The molecule has 0 heterocycles. The molecule has 21 heavy (non-hydrogen) atoms. The van der Waals surface area contributed by atoms with Crippen LogP contribution in [-0.2, 0) is 0 Å². The maximum Gasteiger partial charge on any atom is 0.254 e. The second kappa shape index (κ2) is 8.49. The number of aryl methyl sites for hydroxylation is 1. The van der Waals surface area contributed by atoms with Crippen molar-refractivity contribution >= 4 is 5.91 Å². The Balaban J connectivity index is 3.01. The zero-order valence-electron chi connectivity index (χ0n) is 13.4. The zero-order valence-corrected chi connectivity index (χ0v) is 13.4. The lowest BCUT2D eigenvalue weighted by atomic mass is 10.0. The molecule has 0 aliphatic carbocycles. The van der Waals surface area contributed by atoms with Crippen molar-refractivity contribution in [3.8, 4) is 11.8 Å². The van der Waals surface area contributed by atoms with Crippen molar-refractivity contribution in [1.82, 2.24) is 4.90 Å².